The first-order valence-electron chi connectivity index (χ1n) is 7.54. The zero-order valence-electron chi connectivity index (χ0n) is 13.5. The fourth-order valence-electron chi connectivity index (χ4n) is 2.36. The average Bonchev–Trinajstić information content (AvgIpc) is 2.88. The number of para-hydroxylation sites is 1. The van der Waals surface area contributed by atoms with Crippen LogP contribution in [0, 0.1) is 6.92 Å². The lowest BCUT2D eigenvalue weighted by Gasteiger charge is -2.16. The average molecular weight is 321 g/mol. The van der Waals surface area contributed by atoms with Gasteiger partial charge in [-0.15, -0.1) is 0 Å². The first-order valence-corrected chi connectivity index (χ1v) is 9.03. The molecule has 0 amide bonds. The van der Waals surface area contributed by atoms with Gasteiger partial charge in [-0.25, -0.2) is 8.42 Å². The van der Waals surface area contributed by atoms with E-state index in [9.17, 15) is 8.42 Å². The Kier molecular flexibility index (Phi) is 4.90. The molecule has 6 heteroatoms. The molecule has 0 spiro atoms. The van der Waals surface area contributed by atoms with Crippen LogP contribution in [0.3, 0.4) is 0 Å². The summed E-state index contributed by atoms with van der Waals surface area (Å²) < 4.78 is 29.6. The van der Waals surface area contributed by atoms with Gasteiger partial charge in [-0.3, -0.25) is 9.40 Å². The van der Waals surface area contributed by atoms with E-state index >= 15 is 0 Å². The van der Waals surface area contributed by atoms with Crippen molar-refractivity contribution in [2.75, 3.05) is 4.72 Å². The van der Waals surface area contributed by atoms with Gasteiger partial charge in [-0.2, -0.15) is 5.10 Å². The van der Waals surface area contributed by atoms with Crippen LogP contribution in [0.4, 0.5) is 5.69 Å². The Labute approximate surface area is 132 Å². The van der Waals surface area contributed by atoms with Gasteiger partial charge in [0.05, 0.1) is 11.4 Å². The van der Waals surface area contributed by atoms with E-state index in [2.05, 4.69) is 23.7 Å². The van der Waals surface area contributed by atoms with Gasteiger partial charge in [0.25, 0.3) is 10.0 Å². The zero-order valence-corrected chi connectivity index (χ0v) is 14.3. The van der Waals surface area contributed by atoms with Gasteiger partial charge >= 0.3 is 0 Å². The Balaban J connectivity index is 2.39. The highest BCUT2D eigenvalue weighted by molar-refractivity contribution is 7.92. The molecule has 0 radical (unpaired) electrons. The van der Waals surface area contributed by atoms with Crippen LogP contribution >= 0.6 is 0 Å². The molecule has 2 aromatic rings. The molecular weight excluding hydrogens is 298 g/mol. The molecule has 0 aliphatic rings. The van der Waals surface area contributed by atoms with Crippen molar-refractivity contribution in [1.82, 2.24) is 9.78 Å². The topological polar surface area (TPSA) is 64.0 Å². The summed E-state index contributed by atoms with van der Waals surface area (Å²) in [6.07, 6.45) is 2.52. The van der Waals surface area contributed by atoms with E-state index in [-0.39, 0.29) is 4.90 Å². The van der Waals surface area contributed by atoms with E-state index in [4.69, 9.17) is 0 Å². The van der Waals surface area contributed by atoms with Gasteiger partial charge in [0.15, 0.2) is 0 Å². The van der Waals surface area contributed by atoms with Crippen LogP contribution < -0.4 is 4.72 Å². The molecule has 0 saturated carbocycles. The van der Waals surface area contributed by atoms with Crippen molar-refractivity contribution in [3.05, 3.63) is 41.7 Å². The van der Waals surface area contributed by atoms with Gasteiger partial charge in [0.2, 0.25) is 0 Å². The molecular formula is C16H23N3O2S. The number of hydrogen-bond donors (Lipinski definition) is 1. The SMILES string of the molecule is CCC(C)c1ccccc1NS(=O)(=O)c1cn(CC)nc1C. The van der Waals surface area contributed by atoms with Crippen molar-refractivity contribution in [3.8, 4) is 0 Å². The predicted octanol–water partition coefficient (Wildman–Crippen LogP) is 3.53. The second-order valence-electron chi connectivity index (χ2n) is 5.44. The number of nitrogens with one attached hydrogen (secondary N) is 1. The summed E-state index contributed by atoms with van der Waals surface area (Å²) in [5.41, 5.74) is 2.16. The van der Waals surface area contributed by atoms with Crippen LogP contribution in [-0.2, 0) is 16.6 Å². The van der Waals surface area contributed by atoms with Gasteiger partial charge < -0.3 is 0 Å². The molecule has 2 rings (SSSR count). The molecule has 0 aliphatic carbocycles. The number of anilines is 1. The Hall–Kier alpha value is -1.82. The van der Waals surface area contributed by atoms with Crippen molar-refractivity contribution in [1.29, 1.82) is 0 Å². The number of aryl methyl sites for hydroxylation is 2. The molecule has 1 N–H and O–H groups in total. The monoisotopic (exact) mass is 321 g/mol. The molecule has 22 heavy (non-hydrogen) atoms. The standard InChI is InChI=1S/C16H23N3O2S/c1-5-12(3)14-9-7-8-10-15(14)18-22(20,21)16-11-19(6-2)17-13(16)4/h7-12,18H,5-6H2,1-4H3. The fraction of sp³-hybridized carbons (Fsp3) is 0.438. The predicted molar refractivity (Wildman–Crippen MR) is 88.6 cm³/mol. The molecule has 0 bridgehead atoms. The number of aromatic nitrogens is 2. The molecule has 120 valence electrons. The highest BCUT2D eigenvalue weighted by Crippen LogP contribution is 2.28. The molecule has 0 aliphatic heterocycles. The van der Waals surface area contributed by atoms with E-state index in [1.807, 2.05) is 25.1 Å². The summed E-state index contributed by atoms with van der Waals surface area (Å²) in [4.78, 5) is 0.230. The zero-order chi connectivity index (χ0) is 16.3. The Bertz CT molecular complexity index is 751. The van der Waals surface area contributed by atoms with E-state index in [0.29, 0.717) is 23.8 Å². The van der Waals surface area contributed by atoms with Crippen LogP contribution in [0.5, 0.6) is 0 Å². The molecule has 1 atom stereocenters. The largest absolute Gasteiger partial charge is 0.279 e. The molecule has 1 aromatic heterocycles. The van der Waals surface area contributed by atoms with E-state index < -0.39 is 10.0 Å². The quantitative estimate of drug-likeness (QED) is 0.885. The molecule has 0 saturated heterocycles. The summed E-state index contributed by atoms with van der Waals surface area (Å²) in [6.45, 7) is 8.45. The maximum absolute atomic E-state index is 12.7. The van der Waals surface area contributed by atoms with Crippen LogP contribution in [0.2, 0.25) is 0 Å². The number of nitrogens with zero attached hydrogens (tertiary/aromatic N) is 2. The third-order valence-corrected chi connectivity index (χ3v) is 5.33. The number of hydrogen-bond acceptors (Lipinski definition) is 3. The minimum absolute atomic E-state index is 0.230. The van der Waals surface area contributed by atoms with Crippen molar-refractivity contribution in [3.63, 3.8) is 0 Å². The van der Waals surface area contributed by atoms with E-state index in [1.165, 1.54) is 0 Å². The lowest BCUT2D eigenvalue weighted by atomic mass is 9.97. The second-order valence-corrected chi connectivity index (χ2v) is 7.09. The van der Waals surface area contributed by atoms with Crippen molar-refractivity contribution in [2.45, 2.75) is 51.5 Å². The van der Waals surface area contributed by atoms with Crippen LogP contribution in [0.1, 0.15) is 44.4 Å². The van der Waals surface area contributed by atoms with Gasteiger partial charge in [0.1, 0.15) is 4.90 Å². The molecule has 1 aromatic carbocycles. The minimum atomic E-state index is -3.63. The lowest BCUT2D eigenvalue weighted by Crippen LogP contribution is -2.15. The Morgan fingerprint density at radius 3 is 2.55 bits per heavy atom. The third-order valence-electron chi connectivity index (χ3n) is 3.86. The van der Waals surface area contributed by atoms with Crippen LogP contribution in [0.15, 0.2) is 35.4 Å². The Morgan fingerprint density at radius 2 is 1.95 bits per heavy atom. The number of rotatable bonds is 6. The second kappa shape index (κ2) is 6.52. The fourth-order valence-corrected chi connectivity index (χ4v) is 3.64. The third kappa shape index (κ3) is 3.32. The summed E-state index contributed by atoms with van der Waals surface area (Å²) >= 11 is 0. The minimum Gasteiger partial charge on any atom is -0.279 e. The molecule has 0 fully saturated rings. The van der Waals surface area contributed by atoms with Crippen LogP contribution in [-0.4, -0.2) is 18.2 Å². The van der Waals surface area contributed by atoms with Crippen molar-refractivity contribution in [2.24, 2.45) is 0 Å². The maximum atomic E-state index is 12.7. The van der Waals surface area contributed by atoms with E-state index in [0.717, 1.165) is 12.0 Å². The van der Waals surface area contributed by atoms with Gasteiger partial charge in [-0.05, 0) is 37.8 Å². The normalized spacial score (nSPS) is 13.1. The van der Waals surface area contributed by atoms with Crippen molar-refractivity contribution >= 4 is 15.7 Å². The first-order chi connectivity index (χ1) is 10.4. The van der Waals surface area contributed by atoms with Gasteiger partial charge in [0, 0.05) is 12.7 Å². The Morgan fingerprint density at radius 1 is 1.27 bits per heavy atom. The van der Waals surface area contributed by atoms with E-state index in [1.54, 1.807) is 23.9 Å². The molecule has 1 heterocycles. The number of benzene rings is 1. The lowest BCUT2D eigenvalue weighted by molar-refractivity contribution is 0.600. The summed E-state index contributed by atoms with van der Waals surface area (Å²) in [5, 5.41) is 4.21. The van der Waals surface area contributed by atoms with Crippen LogP contribution in [0.25, 0.3) is 0 Å². The summed E-state index contributed by atoms with van der Waals surface area (Å²) in [7, 11) is -3.63. The summed E-state index contributed by atoms with van der Waals surface area (Å²) in [6, 6.07) is 7.54. The highest BCUT2D eigenvalue weighted by Gasteiger charge is 2.22. The molecule has 5 nitrogen and oxygen atoms in total. The highest BCUT2D eigenvalue weighted by atomic mass is 32.2. The summed E-state index contributed by atoms with van der Waals surface area (Å²) in [5.74, 6) is 0.290. The first kappa shape index (κ1) is 16.5. The maximum Gasteiger partial charge on any atom is 0.265 e. The van der Waals surface area contributed by atoms with Gasteiger partial charge in [-0.1, -0.05) is 32.0 Å². The van der Waals surface area contributed by atoms with Crippen molar-refractivity contribution < 1.29 is 8.42 Å². The smallest absolute Gasteiger partial charge is 0.265 e. The number of sulfonamides is 1. The molecule has 1 unspecified atom stereocenters.